The summed E-state index contributed by atoms with van der Waals surface area (Å²) in [7, 11) is 1.95. The quantitative estimate of drug-likeness (QED) is 0.895. The smallest absolute Gasteiger partial charge is 0.396 e. The maximum atomic E-state index is 12.5. The van der Waals surface area contributed by atoms with Crippen molar-refractivity contribution in [2.75, 3.05) is 20.2 Å². The number of aliphatic hydroxyl groups is 1. The van der Waals surface area contributed by atoms with Crippen LogP contribution in [0.5, 0.6) is 0 Å². The predicted octanol–water partition coefficient (Wildman–Crippen LogP) is 3.08. The molecule has 0 aliphatic carbocycles. The van der Waals surface area contributed by atoms with Crippen molar-refractivity contribution < 1.29 is 18.3 Å². The highest BCUT2D eigenvalue weighted by Crippen LogP contribution is 2.36. The van der Waals surface area contributed by atoms with Crippen molar-refractivity contribution >= 4 is 0 Å². The van der Waals surface area contributed by atoms with Crippen LogP contribution >= 0.6 is 0 Å². The van der Waals surface area contributed by atoms with E-state index >= 15 is 0 Å². The van der Waals surface area contributed by atoms with Gasteiger partial charge in [0, 0.05) is 18.6 Å². The summed E-state index contributed by atoms with van der Waals surface area (Å²) in [6.45, 7) is 0.970. The van der Waals surface area contributed by atoms with Gasteiger partial charge in [-0.25, -0.2) is 0 Å². The Kier molecular flexibility index (Phi) is 4.16. The molecule has 0 bridgehead atoms. The molecule has 2 atom stereocenters. The molecule has 2 rings (SSSR count). The van der Waals surface area contributed by atoms with Crippen molar-refractivity contribution in [2.45, 2.75) is 25.1 Å². The summed E-state index contributed by atoms with van der Waals surface area (Å²) in [5.41, 5.74) is 0.213. The van der Waals surface area contributed by atoms with Crippen LogP contribution in [-0.4, -0.2) is 30.2 Å². The lowest BCUT2D eigenvalue weighted by atomic mass is 9.85. The fourth-order valence-corrected chi connectivity index (χ4v) is 2.85. The first-order valence-corrected chi connectivity index (χ1v) is 6.41. The van der Waals surface area contributed by atoms with E-state index in [0.29, 0.717) is 0 Å². The van der Waals surface area contributed by atoms with Crippen molar-refractivity contribution in [2.24, 2.45) is 5.92 Å². The van der Waals surface area contributed by atoms with Crippen molar-refractivity contribution in [3.05, 3.63) is 35.4 Å². The van der Waals surface area contributed by atoms with Crippen LogP contribution < -0.4 is 0 Å². The molecular formula is C14H18F3NO. The Morgan fingerprint density at radius 1 is 1.26 bits per heavy atom. The van der Waals surface area contributed by atoms with Crippen LogP contribution in [0.25, 0.3) is 0 Å². The van der Waals surface area contributed by atoms with Gasteiger partial charge in [-0.15, -0.1) is 0 Å². The molecule has 1 N–H and O–H groups in total. The van der Waals surface area contributed by atoms with Gasteiger partial charge in [0.25, 0.3) is 0 Å². The summed E-state index contributed by atoms with van der Waals surface area (Å²) in [5, 5.41) is 9.42. The Labute approximate surface area is 110 Å². The Hall–Kier alpha value is -1.07. The zero-order valence-corrected chi connectivity index (χ0v) is 10.8. The van der Waals surface area contributed by atoms with E-state index in [-0.39, 0.29) is 18.6 Å². The first-order valence-electron chi connectivity index (χ1n) is 6.41. The number of nitrogens with zero attached hydrogens (tertiary/aromatic N) is 1. The maximum absolute atomic E-state index is 12.5. The maximum Gasteiger partial charge on any atom is 0.416 e. The Bertz CT molecular complexity index is 416. The third kappa shape index (κ3) is 3.09. The molecule has 1 aliphatic rings. The first-order chi connectivity index (χ1) is 8.93. The van der Waals surface area contributed by atoms with E-state index < -0.39 is 11.7 Å². The van der Waals surface area contributed by atoms with Crippen molar-refractivity contribution in [3.8, 4) is 0 Å². The third-order valence-electron chi connectivity index (χ3n) is 3.82. The molecule has 19 heavy (non-hydrogen) atoms. The van der Waals surface area contributed by atoms with Gasteiger partial charge in [-0.2, -0.15) is 13.2 Å². The van der Waals surface area contributed by atoms with Crippen LogP contribution in [0.4, 0.5) is 13.2 Å². The fourth-order valence-electron chi connectivity index (χ4n) is 2.85. The summed E-state index contributed by atoms with van der Waals surface area (Å²) in [4.78, 5) is 2.10. The van der Waals surface area contributed by atoms with Gasteiger partial charge in [0.15, 0.2) is 0 Å². The zero-order chi connectivity index (χ0) is 14.0. The highest BCUT2D eigenvalue weighted by Gasteiger charge is 2.32. The number of rotatable bonds is 2. The largest absolute Gasteiger partial charge is 0.416 e. The Balaban J connectivity index is 2.24. The zero-order valence-electron chi connectivity index (χ0n) is 10.8. The molecular weight excluding hydrogens is 255 g/mol. The third-order valence-corrected chi connectivity index (χ3v) is 3.82. The van der Waals surface area contributed by atoms with Crippen LogP contribution in [0.15, 0.2) is 24.3 Å². The molecule has 0 amide bonds. The molecule has 1 aromatic rings. The Morgan fingerprint density at radius 3 is 2.42 bits per heavy atom. The van der Waals surface area contributed by atoms with E-state index in [9.17, 15) is 18.3 Å². The number of halogens is 3. The van der Waals surface area contributed by atoms with E-state index in [0.717, 1.165) is 37.1 Å². The van der Waals surface area contributed by atoms with Crippen LogP contribution in [0.3, 0.4) is 0 Å². The highest BCUT2D eigenvalue weighted by molar-refractivity contribution is 5.27. The van der Waals surface area contributed by atoms with E-state index in [4.69, 9.17) is 0 Å². The Morgan fingerprint density at radius 2 is 1.89 bits per heavy atom. The number of hydrogen-bond donors (Lipinski definition) is 1. The topological polar surface area (TPSA) is 23.5 Å². The molecule has 2 nitrogen and oxygen atoms in total. The molecule has 0 spiro atoms. The molecule has 1 fully saturated rings. The molecule has 1 aromatic carbocycles. The highest BCUT2D eigenvalue weighted by atomic mass is 19.4. The second kappa shape index (κ2) is 5.51. The number of piperidine rings is 1. The number of hydrogen-bond acceptors (Lipinski definition) is 2. The summed E-state index contributed by atoms with van der Waals surface area (Å²) < 4.78 is 37.6. The van der Waals surface area contributed by atoms with Crippen LogP contribution in [0.2, 0.25) is 0 Å². The van der Waals surface area contributed by atoms with Crippen LogP contribution in [-0.2, 0) is 6.18 Å². The van der Waals surface area contributed by atoms with Gasteiger partial charge in [0.1, 0.15) is 0 Å². The second-order valence-corrected chi connectivity index (χ2v) is 5.13. The molecule has 5 heteroatoms. The lowest BCUT2D eigenvalue weighted by molar-refractivity contribution is -0.137. The minimum absolute atomic E-state index is 0.000957. The van der Waals surface area contributed by atoms with Crippen molar-refractivity contribution in [3.63, 3.8) is 0 Å². The lowest BCUT2D eigenvalue weighted by Crippen LogP contribution is -2.37. The van der Waals surface area contributed by atoms with Gasteiger partial charge in [0.2, 0.25) is 0 Å². The van der Waals surface area contributed by atoms with E-state index in [2.05, 4.69) is 4.90 Å². The SMILES string of the molecule is CN1CCC[C@H](CO)[C@H]1c1ccc(C(F)(F)F)cc1. The van der Waals surface area contributed by atoms with Crippen LogP contribution in [0, 0.1) is 5.92 Å². The van der Waals surface area contributed by atoms with E-state index in [1.807, 2.05) is 7.05 Å². The molecule has 0 saturated carbocycles. The number of alkyl halides is 3. The normalized spacial score (nSPS) is 25.5. The van der Waals surface area contributed by atoms with Gasteiger partial charge >= 0.3 is 6.18 Å². The molecule has 1 aliphatic heterocycles. The standard InChI is InChI=1S/C14H18F3NO/c1-18-8-2-3-11(9-19)13(18)10-4-6-12(7-5-10)14(15,16)17/h4-7,11,13,19H,2-3,8-9H2,1H3/t11-,13-/m1/s1. The molecule has 0 radical (unpaired) electrons. The average molecular weight is 273 g/mol. The van der Waals surface area contributed by atoms with Crippen molar-refractivity contribution in [1.82, 2.24) is 4.90 Å². The fraction of sp³-hybridized carbons (Fsp3) is 0.571. The van der Waals surface area contributed by atoms with Gasteiger partial charge in [-0.05, 0) is 44.1 Å². The van der Waals surface area contributed by atoms with Crippen LogP contribution in [0.1, 0.15) is 30.0 Å². The number of aliphatic hydroxyl groups excluding tert-OH is 1. The van der Waals surface area contributed by atoms with Crippen molar-refractivity contribution in [1.29, 1.82) is 0 Å². The van der Waals surface area contributed by atoms with Gasteiger partial charge in [-0.1, -0.05) is 12.1 Å². The molecule has 1 heterocycles. The molecule has 0 unspecified atom stereocenters. The number of benzene rings is 1. The van der Waals surface area contributed by atoms with Gasteiger partial charge < -0.3 is 5.11 Å². The summed E-state index contributed by atoms with van der Waals surface area (Å²) in [5.74, 6) is 0.0930. The summed E-state index contributed by atoms with van der Waals surface area (Å²) >= 11 is 0. The summed E-state index contributed by atoms with van der Waals surface area (Å²) in [6.07, 6.45) is -2.38. The average Bonchev–Trinajstić information content (AvgIpc) is 2.37. The van der Waals surface area contributed by atoms with Gasteiger partial charge in [0.05, 0.1) is 5.56 Å². The summed E-state index contributed by atoms with van der Waals surface area (Å²) in [6, 6.07) is 5.29. The van der Waals surface area contributed by atoms with E-state index in [1.165, 1.54) is 12.1 Å². The minimum Gasteiger partial charge on any atom is -0.396 e. The molecule has 1 saturated heterocycles. The lowest BCUT2D eigenvalue weighted by Gasteiger charge is -2.38. The monoisotopic (exact) mass is 273 g/mol. The predicted molar refractivity (Wildman–Crippen MR) is 66.6 cm³/mol. The first kappa shape index (κ1) is 14.3. The van der Waals surface area contributed by atoms with Gasteiger partial charge in [-0.3, -0.25) is 4.90 Å². The number of likely N-dealkylation sites (tertiary alicyclic amines) is 1. The van der Waals surface area contributed by atoms with E-state index in [1.54, 1.807) is 0 Å². The minimum atomic E-state index is -4.30. The molecule has 106 valence electrons. The molecule has 0 aromatic heterocycles. The second-order valence-electron chi connectivity index (χ2n) is 5.13.